The van der Waals surface area contributed by atoms with Crippen LogP contribution in [-0.2, 0) is 20.8 Å². The summed E-state index contributed by atoms with van der Waals surface area (Å²) in [5, 5.41) is 17.5. The Bertz CT molecular complexity index is 1410. The number of carbonyl (C=O) groups is 3. The number of benzene rings is 3. The third-order valence-corrected chi connectivity index (χ3v) is 8.33. The Morgan fingerprint density at radius 2 is 1.36 bits per heavy atom. The zero-order valence-electron chi connectivity index (χ0n) is 23.6. The molecule has 3 aromatic carbocycles. The molecule has 39 heavy (non-hydrogen) atoms. The summed E-state index contributed by atoms with van der Waals surface area (Å²) < 4.78 is 0. The van der Waals surface area contributed by atoms with Gasteiger partial charge in [0.15, 0.2) is 0 Å². The van der Waals surface area contributed by atoms with Crippen molar-refractivity contribution in [2.45, 2.75) is 65.9 Å². The van der Waals surface area contributed by atoms with Gasteiger partial charge in [-0.25, -0.2) is 0 Å². The van der Waals surface area contributed by atoms with E-state index in [1.807, 2.05) is 89.2 Å². The number of ketones is 1. The summed E-state index contributed by atoms with van der Waals surface area (Å²) in [5.41, 5.74) is 5.26. The summed E-state index contributed by atoms with van der Waals surface area (Å²) in [6.07, 6.45) is 0.529. The first-order valence-corrected chi connectivity index (χ1v) is 13.5. The Hall–Kier alpha value is -3.77. The molecule has 1 aliphatic carbocycles. The van der Waals surface area contributed by atoms with Crippen molar-refractivity contribution in [1.82, 2.24) is 0 Å². The van der Waals surface area contributed by atoms with Gasteiger partial charge in [-0.15, -0.1) is 0 Å². The average Bonchev–Trinajstić information content (AvgIpc) is 2.88. The fourth-order valence-corrected chi connectivity index (χ4v) is 5.66. The highest BCUT2D eigenvalue weighted by molar-refractivity contribution is 6.10. The quantitative estimate of drug-likeness (QED) is 0.354. The molecule has 3 N–H and O–H groups in total. The molecule has 0 aromatic heterocycles. The van der Waals surface area contributed by atoms with Crippen LogP contribution in [0, 0.1) is 39.5 Å². The van der Waals surface area contributed by atoms with Crippen LogP contribution in [0.2, 0.25) is 0 Å². The Balaban J connectivity index is 1.80. The molecule has 1 aliphatic rings. The highest BCUT2D eigenvalue weighted by atomic mass is 16.3. The minimum absolute atomic E-state index is 0.299. The van der Waals surface area contributed by atoms with Gasteiger partial charge in [-0.05, 0) is 86.6 Å². The van der Waals surface area contributed by atoms with E-state index in [1.54, 1.807) is 6.07 Å². The monoisotopic (exact) mass is 526 g/mol. The number of Topliss-reactive ketones (excluding diaryl/α,β-unsaturated/α-hetero) is 1. The fraction of sp³-hybridized carbons (Fsp3) is 0.364. The number of rotatable bonds is 6. The lowest BCUT2D eigenvalue weighted by atomic mass is 9.61. The van der Waals surface area contributed by atoms with Crippen LogP contribution in [0.1, 0.15) is 59.6 Å². The average molecular weight is 527 g/mol. The minimum atomic E-state index is -1.65. The summed E-state index contributed by atoms with van der Waals surface area (Å²) in [6, 6.07) is 18.9. The normalized spacial score (nSPS) is 22.8. The van der Waals surface area contributed by atoms with Crippen LogP contribution < -0.4 is 10.6 Å². The maximum Gasteiger partial charge on any atom is 0.235 e. The summed E-state index contributed by atoms with van der Waals surface area (Å²) in [4.78, 5) is 41.4. The summed E-state index contributed by atoms with van der Waals surface area (Å²) in [5.74, 6) is -4.33. The molecular weight excluding hydrogens is 488 g/mol. The van der Waals surface area contributed by atoms with Crippen molar-refractivity contribution in [2.75, 3.05) is 10.6 Å². The Morgan fingerprint density at radius 3 is 1.87 bits per heavy atom. The summed E-state index contributed by atoms with van der Waals surface area (Å²) in [6.45, 7) is 11.3. The van der Waals surface area contributed by atoms with Crippen LogP contribution in [0.4, 0.5) is 11.4 Å². The largest absolute Gasteiger partial charge is 0.389 e. The first kappa shape index (κ1) is 28.2. The van der Waals surface area contributed by atoms with Crippen LogP contribution in [0.25, 0.3) is 0 Å². The van der Waals surface area contributed by atoms with E-state index in [2.05, 4.69) is 10.6 Å². The molecule has 0 heterocycles. The van der Waals surface area contributed by atoms with Crippen molar-refractivity contribution in [3.8, 4) is 0 Å². The third-order valence-electron chi connectivity index (χ3n) is 8.33. The summed E-state index contributed by atoms with van der Waals surface area (Å²) >= 11 is 0. The van der Waals surface area contributed by atoms with Gasteiger partial charge in [0.25, 0.3) is 0 Å². The Kier molecular flexibility index (Phi) is 8.07. The van der Waals surface area contributed by atoms with Crippen molar-refractivity contribution in [1.29, 1.82) is 0 Å². The molecule has 0 aliphatic heterocycles. The maximum atomic E-state index is 14.0. The van der Waals surface area contributed by atoms with Gasteiger partial charge in [-0.2, -0.15) is 0 Å². The van der Waals surface area contributed by atoms with Gasteiger partial charge < -0.3 is 15.7 Å². The second kappa shape index (κ2) is 11.1. The second-order valence-electron chi connectivity index (χ2n) is 11.0. The number of nitrogens with one attached hydrogen (secondary N) is 2. The molecule has 0 spiro atoms. The topological polar surface area (TPSA) is 95.5 Å². The van der Waals surface area contributed by atoms with Crippen molar-refractivity contribution in [3.63, 3.8) is 0 Å². The molecule has 6 nitrogen and oxygen atoms in total. The number of hydrogen-bond donors (Lipinski definition) is 3. The molecule has 4 atom stereocenters. The number of amides is 2. The van der Waals surface area contributed by atoms with Crippen LogP contribution >= 0.6 is 0 Å². The van der Waals surface area contributed by atoms with Gasteiger partial charge in [0.1, 0.15) is 11.7 Å². The zero-order chi connectivity index (χ0) is 28.5. The van der Waals surface area contributed by atoms with E-state index < -0.39 is 35.2 Å². The number of carbonyl (C=O) groups excluding carboxylic acids is 3. The molecule has 204 valence electrons. The van der Waals surface area contributed by atoms with Crippen molar-refractivity contribution in [2.24, 2.45) is 11.8 Å². The third kappa shape index (κ3) is 5.66. The van der Waals surface area contributed by atoms with E-state index in [1.165, 1.54) is 6.92 Å². The molecule has 6 heteroatoms. The lowest BCUT2D eigenvalue weighted by molar-refractivity contribution is -0.150. The first-order valence-electron chi connectivity index (χ1n) is 13.5. The second-order valence-corrected chi connectivity index (χ2v) is 11.0. The molecule has 4 rings (SSSR count). The van der Waals surface area contributed by atoms with E-state index in [0.717, 1.165) is 34.2 Å². The van der Waals surface area contributed by atoms with E-state index >= 15 is 0 Å². The number of aliphatic hydroxyl groups is 1. The molecule has 1 saturated carbocycles. The first-order chi connectivity index (χ1) is 18.4. The van der Waals surface area contributed by atoms with Crippen molar-refractivity contribution in [3.05, 3.63) is 94.0 Å². The number of anilines is 2. The predicted molar refractivity (Wildman–Crippen MR) is 155 cm³/mol. The lowest BCUT2D eigenvalue weighted by Gasteiger charge is -2.44. The van der Waals surface area contributed by atoms with Gasteiger partial charge in [0.05, 0.1) is 11.5 Å². The van der Waals surface area contributed by atoms with Crippen molar-refractivity contribution < 1.29 is 19.5 Å². The van der Waals surface area contributed by atoms with Crippen LogP contribution in [0.15, 0.2) is 60.7 Å². The molecular formula is C33H38N2O4. The number of aryl methyl sites for hydroxylation is 3. The molecule has 4 unspecified atom stereocenters. The highest BCUT2D eigenvalue weighted by Crippen LogP contribution is 2.47. The molecule has 2 amide bonds. The van der Waals surface area contributed by atoms with E-state index in [0.29, 0.717) is 16.9 Å². The molecule has 3 aromatic rings. The molecule has 1 fully saturated rings. The minimum Gasteiger partial charge on any atom is -0.389 e. The van der Waals surface area contributed by atoms with Gasteiger partial charge >= 0.3 is 0 Å². The van der Waals surface area contributed by atoms with Gasteiger partial charge in [0, 0.05) is 23.7 Å². The number of hydrogen-bond acceptors (Lipinski definition) is 4. The van der Waals surface area contributed by atoms with Gasteiger partial charge in [-0.1, -0.05) is 55.5 Å². The van der Waals surface area contributed by atoms with E-state index in [9.17, 15) is 19.5 Å². The highest BCUT2D eigenvalue weighted by Gasteiger charge is 2.56. The fourth-order valence-electron chi connectivity index (χ4n) is 5.66. The van der Waals surface area contributed by atoms with E-state index in [4.69, 9.17) is 0 Å². The smallest absolute Gasteiger partial charge is 0.235 e. The van der Waals surface area contributed by atoms with Gasteiger partial charge in [0.2, 0.25) is 11.8 Å². The molecule has 0 bridgehead atoms. The maximum absolute atomic E-state index is 14.0. The molecule has 0 radical (unpaired) electrons. The van der Waals surface area contributed by atoms with Crippen LogP contribution in [0.3, 0.4) is 0 Å². The standard InChI is InChI=1S/C33H38N2O4/c1-7-23-14-16-24(17-15-23)28-29(31(37)34-25-12-8-10-19(2)21(25)4)27(36)18-33(6,39)30(28)32(38)35-26-13-9-11-20(3)22(26)5/h8-17,28-30,39H,7,18H2,1-6H3,(H,34,37)(H,35,38). The van der Waals surface area contributed by atoms with Crippen LogP contribution in [-0.4, -0.2) is 28.3 Å². The van der Waals surface area contributed by atoms with Crippen LogP contribution in [0.5, 0.6) is 0 Å². The van der Waals surface area contributed by atoms with E-state index in [-0.39, 0.29) is 12.2 Å². The Morgan fingerprint density at radius 1 is 0.846 bits per heavy atom. The Labute approximate surface area is 230 Å². The lowest BCUT2D eigenvalue weighted by Crippen LogP contribution is -2.56. The SMILES string of the molecule is CCc1ccc(C2C(C(=O)Nc3cccc(C)c3C)C(=O)CC(C)(O)C2C(=O)Nc2cccc(C)c2C)cc1. The van der Waals surface area contributed by atoms with Gasteiger partial charge in [-0.3, -0.25) is 14.4 Å². The zero-order valence-corrected chi connectivity index (χ0v) is 23.6. The summed E-state index contributed by atoms with van der Waals surface area (Å²) in [7, 11) is 0. The predicted octanol–water partition coefficient (Wildman–Crippen LogP) is 5.80. The van der Waals surface area contributed by atoms with Crippen molar-refractivity contribution >= 4 is 29.0 Å². The molecule has 0 saturated heterocycles.